The van der Waals surface area contributed by atoms with Crippen LogP contribution in [0.25, 0.3) is 0 Å². The van der Waals surface area contributed by atoms with Crippen molar-refractivity contribution >= 4 is 5.91 Å². The van der Waals surface area contributed by atoms with Crippen molar-refractivity contribution in [2.75, 3.05) is 19.8 Å². The van der Waals surface area contributed by atoms with Gasteiger partial charge in [-0.25, -0.2) is 4.39 Å². The van der Waals surface area contributed by atoms with Crippen LogP contribution in [-0.2, 0) is 9.53 Å². The van der Waals surface area contributed by atoms with Gasteiger partial charge in [0, 0.05) is 36.2 Å². The number of alkyl halides is 1. The molecule has 158 valence electrons. The quantitative estimate of drug-likeness (QED) is 0.700. The Morgan fingerprint density at radius 1 is 1.30 bits per heavy atom. The fraction of sp³-hybridized carbons (Fsp3) is 0.667. The summed E-state index contributed by atoms with van der Waals surface area (Å²) in [5, 5.41) is 0. The number of pyridine rings is 1. The van der Waals surface area contributed by atoms with Crippen LogP contribution < -0.4 is 4.74 Å². The lowest BCUT2D eigenvalue weighted by Gasteiger charge is -2.36. The number of hydrogen-bond donors (Lipinski definition) is 0. The van der Waals surface area contributed by atoms with E-state index in [0.717, 1.165) is 42.9 Å². The Labute approximate surface area is 176 Å². The lowest BCUT2D eigenvalue weighted by Crippen LogP contribution is -2.41. The molecule has 3 aliphatic heterocycles. The molecule has 2 saturated heterocycles. The van der Waals surface area contributed by atoms with Crippen LogP contribution >= 0.6 is 0 Å². The Hall–Kier alpha value is -2.13. The molecule has 5 nitrogen and oxygen atoms in total. The molecule has 4 bridgehead atoms. The second-order valence-electron chi connectivity index (χ2n) is 10.4. The summed E-state index contributed by atoms with van der Waals surface area (Å²) in [6, 6.07) is -0.0392. The van der Waals surface area contributed by atoms with E-state index in [-0.39, 0.29) is 23.5 Å². The molecule has 6 rings (SSSR count). The molecular formula is C24H27FN2O3. The van der Waals surface area contributed by atoms with E-state index in [2.05, 4.69) is 23.7 Å². The third kappa shape index (κ3) is 2.71. The summed E-state index contributed by atoms with van der Waals surface area (Å²) in [7, 11) is 0. The maximum Gasteiger partial charge on any atom is 0.229 e. The molecule has 1 aromatic heterocycles. The Bertz CT molecular complexity index is 968. The molecule has 0 radical (unpaired) electrons. The first kappa shape index (κ1) is 18.6. The van der Waals surface area contributed by atoms with E-state index in [1.807, 2.05) is 11.1 Å². The predicted molar refractivity (Wildman–Crippen MR) is 108 cm³/mol. The van der Waals surface area contributed by atoms with Gasteiger partial charge in [0.2, 0.25) is 5.91 Å². The van der Waals surface area contributed by atoms with Gasteiger partial charge in [-0.1, -0.05) is 18.8 Å². The van der Waals surface area contributed by atoms with Crippen LogP contribution in [0.1, 0.15) is 69.0 Å². The number of carbonyl (C=O) groups excluding carboxylic acids is 1. The zero-order valence-electron chi connectivity index (χ0n) is 17.4. The standard InChI is InChI=1S/C24H27FN2O3/c1-22(14-29-15-22)4-2-3-16-10-26-11-18-19-9-17(30-20(16)18)12-27(19)21(28)23-5-7-24(25,13-23)8-6-23/h10-11,17,19H,4-9,12-15H2,1H3/t17-,19-,23?,24?/m0/s1. The van der Waals surface area contributed by atoms with Crippen LogP contribution in [0, 0.1) is 22.7 Å². The van der Waals surface area contributed by atoms with Crippen LogP contribution in [0.2, 0.25) is 0 Å². The highest BCUT2D eigenvalue weighted by atomic mass is 19.1. The Morgan fingerprint density at radius 3 is 2.77 bits per heavy atom. The van der Waals surface area contributed by atoms with Gasteiger partial charge in [0.15, 0.2) is 0 Å². The van der Waals surface area contributed by atoms with Crippen molar-refractivity contribution in [3.8, 4) is 17.6 Å². The third-order valence-corrected chi connectivity index (χ3v) is 7.94. The van der Waals surface area contributed by atoms with E-state index in [1.54, 1.807) is 6.20 Å². The summed E-state index contributed by atoms with van der Waals surface area (Å²) in [6.07, 6.45) is 7.91. The molecule has 0 N–H and O–H groups in total. The van der Waals surface area contributed by atoms with E-state index in [1.165, 1.54) is 0 Å². The summed E-state index contributed by atoms with van der Waals surface area (Å²) in [4.78, 5) is 19.9. The number of aromatic nitrogens is 1. The molecule has 1 amide bonds. The lowest BCUT2D eigenvalue weighted by molar-refractivity contribution is -0.142. The van der Waals surface area contributed by atoms with E-state index in [9.17, 15) is 9.18 Å². The maximum atomic E-state index is 14.7. The fourth-order valence-corrected chi connectivity index (χ4v) is 6.13. The van der Waals surface area contributed by atoms with Crippen molar-refractivity contribution in [1.29, 1.82) is 0 Å². The van der Waals surface area contributed by atoms with Gasteiger partial charge in [0.05, 0.1) is 36.8 Å². The molecular weight excluding hydrogens is 383 g/mol. The minimum absolute atomic E-state index is 0.0266. The second-order valence-corrected chi connectivity index (χ2v) is 10.4. The van der Waals surface area contributed by atoms with Crippen LogP contribution in [0.3, 0.4) is 0 Å². The van der Waals surface area contributed by atoms with Crippen molar-refractivity contribution in [2.45, 2.75) is 69.7 Å². The van der Waals surface area contributed by atoms with Crippen LogP contribution in [0.4, 0.5) is 4.39 Å². The zero-order valence-corrected chi connectivity index (χ0v) is 17.4. The lowest BCUT2D eigenvalue weighted by atomic mass is 9.82. The highest BCUT2D eigenvalue weighted by Crippen LogP contribution is 2.60. The van der Waals surface area contributed by atoms with E-state index >= 15 is 0 Å². The largest absolute Gasteiger partial charge is 0.487 e. The molecule has 4 heterocycles. The zero-order chi connectivity index (χ0) is 20.6. The van der Waals surface area contributed by atoms with E-state index in [0.29, 0.717) is 38.6 Å². The molecule has 0 aromatic carbocycles. The SMILES string of the molecule is CC1(CC#Cc2cncc3c2O[C@H]2C[C@@H]3N(C(=O)C34CCC(F)(CC3)C4)C2)COC1. The molecule has 2 atom stereocenters. The Morgan fingerprint density at radius 2 is 2.10 bits per heavy atom. The monoisotopic (exact) mass is 410 g/mol. The third-order valence-electron chi connectivity index (χ3n) is 7.94. The molecule has 0 unspecified atom stereocenters. The van der Waals surface area contributed by atoms with Crippen molar-refractivity contribution in [3.63, 3.8) is 0 Å². The van der Waals surface area contributed by atoms with Crippen molar-refractivity contribution in [2.24, 2.45) is 10.8 Å². The number of amides is 1. The molecule has 5 aliphatic rings. The van der Waals surface area contributed by atoms with Gasteiger partial charge < -0.3 is 14.4 Å². The molecule has 4 fully saturated rings. The van der Waals surface area contributed by atoms with Crippen molar-refractivity contribution in [1.82, 2.24) is 9.88 Å². The summed E-state index contributed by atoms with van der Waals surface area (Å²) < 4.78 is 26.3. The number of rotatable bonds is 2. The molecule has 2 saturated carbocycles. The number of ether oxygens (including phenoxy) is 2. The first-order chi connectivity index (χ1) is 14.4. The van der Waals surface area contributed by atoms with Gasteiger partial charge in [0.25, 0.3) is 0 Å². The summed E-state index contributed by atoms with van der Waals surface area (Å²) >= 11 is 0. The molecule has 1 aromatic rings. The predicted octanol–water partition coefficient (Wildman–Crippen LogP) is 3.57. The maximum absolute atomic E-state index is 14.7. The number of carbonyl (C=O) groups is 1. The van der Waals surface area contributed by atoms with Crippen molar-refractivity contribution in [3.05, 3.63) is 23.5 Å². The first-order valence-corrected chi connectivity index (χ1v) is 11.1. The fourth-order valence-electron chi connectivity index (χ4n) is 6.13. The molecule has 2 aliphatic carbocycles. The topological polar surface area (TPSA) is 51.7 Å². The first-order valence-electron chi connectivity index (χ1n) is 11.1. The highest BCUT2D eigenvalue weighted by Gasteiger charge is 2.61. The minimum atomic E-state index is -1.12. The van der Waals surface area contributed by atoms with Gasteiger partial charge in [-0.3, -0.25) is 9.78 Å². The van der Waals surface area contributed by atoms with Gasteiger partial charge in [-0.2, -0.15) is 0 Å². The molecule has 30 heavy (non-hydrogen) atoms. The molecule has 0 spiro atoms. The van der Waals surface area contributed by atoms with Gasteiger partial charge >= 0.3 is 0 Å². The Kier molecular flexibility index (Phi) is 3.85. The average Bonchev–Trinajstić information content (AvgIpc) is 3.36. The van der Waals surface area contributed by atoms with Gasteiger partial charge in [-0.15, -0.1) is 0 Å². The smallest absolute Gasteiger partial charge is 0.229 e. The Balaban J connectivity index is 1.27. The van der Waals surface area contributed by atoms with E-state index in [4.69, 9.17) is 9.47 Å². The average molecular weight is 410 g/mol. The van der Waals surface area contributed by atoms with Crippen molar-refractivity contribution < 1.29 is 18.7 Å². The summed E-state index contributed by atoms with van der Waals surface area (Å²) in [6.45, 7) is 4.27. The van der Waals surface area contributed by atoms with Gasteiger partial charge in [0.1, 0.15) is 17.5 Å². The number of likely N-dealkylation sites (tertiary alicyclic amines) is 1. The van der Waals surface area contributed by atoms with Gasteiger partial charge in [-0.05, 0) is 32.1 Å². The summed E-state index contributed by atoms with van der Waals surface area (Å²) in [5.41, 5.74) is 0.262. The minimum Gasteiger partial charge on any atom is -0.487 e. The number of hydrogen-bond acceptors (Lipinski definition) is 4. The summed E-state index contributed by atoms with van der Waals surface area (Å²) in [5.74, 6) is 7.43. The number of fused-ring (bicyclic) bond motifs is 6. The highest BCUT2D eigenvalue weighted by molar-refractivity contribution is 5.85. The normalized spacial score (nSPS) is 37.1. The van der Waals surface area contributed by atoms with Crippen LogP contribution in [-0.4, -0.2) is 47.3 Å². The number of nitrogens with zero attached hydrogens (tertiary/aromatic N) is 2. The second kappa shape index (κ2) is 6.20. The molecule has 6 heteroatoms. The van der Waals surface area contributed by atoms with Crippen LogP contribution in [0.15, 0.2) is 12.4 Å². The van der Waals surface area contributed by atoms with Crippen LogP contribution in [0.5, 0.6) is 5.75 Å². The van der Waals surface area contributed by atoms with E-state index < -0.39 is 11.1 Å². The number of halogens is 1.